The summed E-state index contributed by atoms with van der Waals surface area (Å²) in [6.45, 7) is 3.06. The van der Waals surface area contributed by atoms with Crippen molar-refractivity contribution in [2.75, 3.05) is 33.7 Å². The number of benzene rings is 1. The molecule has 0 atom stereocenters. The fraction of sp³-hybridized carbons (Fsp3) is 0.500. The van der Waals surface area contributed by atoms with E-state index in [0.717, 1.165) is 43.4 Å². The van der Waals surface area contributed by atoms with Crippen LogP contribution in [-0.4, -0.2) is 59.6 Å². The van der Waals surface area contributed by atoms with Gasteiger partial charge >= 0.3 is 0 Å². The van der Waals surface area contributed by atoms with Crippen molar-refractivity contribution < 1.29 is 4.79 Å². The molecule has 2 aromatic rings. The van der Waals surface area contributed by atoms with Gasteiger partial charge in [-0.25, -0.2) is 0 Å². The Morgan fingerprint density at radius 1 is 1.38 bits per heavy atom. The zero-order valence-corrected chi connectivity index (χ0v) is 12.7. The Hall–Kier alpha value is -1.88. The Labute approximate surface area is 124 Å². The summed E-state index contributed by atoms with van der Waals surface area (Å²) in [5, 5.41) is 8.03. The molecule has 5 nitrogen and oxygen atoms in total. The number of carbonyl (C=O) groups is 1. The number of rotatable bonds is 3. The monoisotopic (exact) mass is 286 g/mol. The third kappa shape index (κ3) is 2.93. The number of nitrogens with zero attached hydrogens (tertiary/aromatic N) is 3. The summed E-state index contributed by atoms with van der Waals surface area (Å²) < 4.78 is 0. The van der Waals surface area contributed by atoms with Gasteiger partial charge in [0.15, 0.2) is 5.69 Å². The van der Waals surface area contributed by atoms with Crippen LogP contribution in [0.25, 0.3) is 10.9 Å². The van der Waals surface area contributed by atoms with E-state index in [1.807, 2.05) is 36.2 Å². The molecular weight excluding hydrogens is 264 g/mol. The topological polar surface area (TPSA) is 52.2 Å². The minimum absolute atomic E-state index is 0.00591. The van der Waals surface area contributed by atoms with Crippen LogP contribution in [0.2, 0.25) is 0 Å². The molecule has 1 aromatic carbocycles. The van der Waals surface area contributed by atoms with E-state index in [9.17, 15) is 4.79 Å². The average molecular weight is 286 g/mol. The summed E-state index contributed by atoms with van der Waals surface area (Å²) in [6, 6.07) is 7.76. The molecular formula is C16H22N4O. The molecule has 0 aliphatic carbocycles. The number of hydrogen-bond donors (Lipinski definition) is 1. The molecule has 0 unspecified atom stereocenters. The maximum atomic E-state index is 12.6. The first-order valence-corrected chi connectivity index (χ1v) is 7.52. The van der Waals surface area contributed by atoms with E-state index in [0.29, 0.717) is 11.6 Å². The number of aromatic nitrogens is 2. The summed E-state index contributed by atoms with van der Waals surface area (Å²) in [7, 11) is 4.03. The summed E-state index contributed by atoms with van der Waals surface area (Å²) in [6.07, 6.45) is 2.32. The first-order valence-electron chi connectivity index (χ1n) is 7.52. The molecule has 2 heterocycles. The highest BCUT2D eigenvalue weighted by Gasteiger charge is 2.23. The van der Waals surface area contributed by atoms with Gasteiger partial charge in [-0.1, -0.05) is 18.2 Å². The Morgan fingerprint density at radius 2 is 2.10 bits per heavy atom. The van der Waals surface area contributed by atoms with Crippen LogP contribution in [-0.2, 0) is 0 Å². The van der Waals surface area contributed by atoms with E-state index in [4.69, 9.17) is 0 Å². The number of likely N-dealkylation sites (tertiary alicyclic amines) is 1. The number of fused-ring (bicyclic) bond motifs is 1. The van der Waals surface area contributed by atoms with Crippen LogP contribution in [0.3, 0.4) is 0 Å². The predicted octanol–water partition coefficient (Wildman–Crippen LogP) is 1.98. The van der Waals surface area contributed by atoms with Crippen molar-refractivity contribution in [3.05, 3.63) is 30.0 Å². The van der Waals surface area contributed by atoms with Gasteiger partial charge in [0.25, 0.3) is 5.91 Å². The lowest BCUT2D eigenvalue weighted by Gasteiger charge is -2.31. The molecule has 21 heavy (non-hydrogen) atoms. The Morgan fingerprint density at radius 3 is 2.86 bits per heavy atom. The van der Waals surface area contributed by atoms with Gasteiger partial charge in [0.2, 0.25) is 0 Å². The molecule has 0 radical (unpaired) electrons. The molecule has 112 valence electrons. The summed E-state index contributed by atoms with van der Waals surface area (Å²) in [5.41, 5.74) is 1.44. The van der Waals surface area contributed by atoms with Gasteiger partial charge in [0.1, 0.15) is 0 Å². The number of H-pyrrole nitrogens is 1. The fourth-order valence-corrected chi connectivity index (χ4v) is 3.02. The normalized spacial score (nSPS) is 17.2. The summed E-state index contributed by atoms with van der Waals surface area (Å²) in [5.74, 6) is 0.603. The van der Waals surface area contributed by atoms with Crippen LogP contribution in [0, 0.1) is 5.92 Å². The molecule has 1 fully saturated rings. The van der Waals surface area contributed by atoms with Crippen molar-refractivity contribution in [1.82, 2.24) is 20.0 Å². The number of aromatic amines is 1. The number of amides is 1. The summed E-state index contributed by atoms with van der Waals surface area (Å²) >= 11 is 0. The van der Waals surface area contributed by atoms with E-state index in [1.165, 1.54) is 0 Å². The second-order valence-electron chi connectivity index (χ2n) is 6.05. The van der Waals surface area contributed by atoms with Gasteiger partial charge in [-0.15, -0.1) is 0 Å². The third-order valence-electron chi connectivity index (χ3n) is 4.39. The molecule has 1 aromatic heterocycles. The Bertz CT molecular complexity index is 628. The second-order valence-corrected chi connectivity index (χ2v) is 6.05. The molecule has 0 saturated carbocycles. The maximum absolute atomic E-state index is 12.6. The van der Waals surface area contributed by atoms with E-state index < -0.39 is 0 Å². The minimum atomic E-state index is 0.00591. The van der Waals surface area contributed by atoms with Crippen molar-refractivity contribution in [2.24, 2.45) is 5.92 Å². The average Bonchev–Trinajstić information content (AvgIpc) is 2.92. The molecule has 1 saturated heterocycles. The number of para-hydroxylation sites is 1. The van der Waals surface area contributed by atoms with Gasteiger partial charge < -0.3 is 9.80 Å². The number of hydrogen-bond acceptors (Lipinski definition) is 3. The van der Waals surface area contributed by atoms with E-state index in [-0.39, 0.29) is 5.91 Å². The van der Waals surface area contributed by atoms with E-state index in [2.05, 4.69) is 22.1 Å². The lowest BCUT2D eigenvalue weighted by atomic mass is 9.96. The Kier molecular flexibility index (Phi) is 3.92. The van der Waals surface area contributed by atoms with Gasteiger partial charge in [-0.2, -0.15) is 5.10 Å². The van der Waals surface area contributed by atoms with Crippen molar-refractivity contribution in [3.8, 4) is 0 Å². The van der Waals surface area contributed by atoms with Crippen LogP contribution in [0.5, 0.6) is 0 Å². The molecule has 1 aliphatic rings. The quantitative estimate of drug-likeness (QED) is 0.938. The van der Waals surface area contributed by atoms with Gasteiger partial charge in [-0.3, -0.25) is 9.89 Å². The molecule has 0 bridgehead atoms. The van der Waals surface area contributed by atoms with Crippen LogP contribution in [0.1, 0.15) is 23.3 Å². The lowest BCUT2D eigenvalue weighted by Crippen LogP contribution is -2.38. The number of piperidine rings is 1. The number of nitrogens with one attached hydrogen (secondary N) is 1. The second kappa shape index (κ2) is 5.85. The zero-order chi connectivity index (χ0) is 14.8. The number of carbonyl (C=O) groups excluding carboxylic acids is 1. The third-order valence-corrected chi connectivity index (χ3v) is 4.39. The highest BCUT2D eigenvalue weighted by molar-refractivity contribution is 6.04. The van der Waals surface area contributed by atoms with Crippen LogP contribution >= 0.6 is 0 Å². The van der Waals surface area contributed by atoms with Crippen LogP contribution in [0.4, 0.5) is 0 Å². The summed E-state index contributed by atoms with van der Waals surface area (Å²) in [4.78, 5) is 16.8. The van der Waals surface area contributed by atoms with E-state index >= 15 is 0 Å². The van der Waals surface area contributed by atoms with Crippen molar-refractivity contribution in [3.63, 3.8) is 0 Å². The van der Waals surface area contributed by atoms with Crippen molar-refractivity contribution >= 4 is 16.8 Å². The first kappa shape index (κ1) is 14.1. The smallest absolute Gasteiger partial charge is 0.274 e. The molecule has 1 amide bonds. The molecule has 1 N–H and O–H groups in total. The van der Waals surface area contributed by atoms with E-state index in [1.54, 1.807) is 0 Å². The molecule has 1 aliphatic heterocycles. The minimum Gasteiger partial charge on any atom is -0.340 e. The van der Waals surface area contributed by atoms with Crippen molar-refractivity contribution in [1.29, 1.82) is 0 Å². The van der Waals surface area contributed by atoms with Gasteiger partial charge in [0, 0.05) is 19.0 Å². The Balaban J connectivity index is 1.70. The predicted molar refractivity (Wildman–Crippen MR) is 83.3 cm³/mol. The largest absolute Gasteiger partial charge is 0.340 e. The maximum Gasteiger partial charge on any atom is 0.274 e. The standard InChI is InChI=1S/C16H22N4O/c1-19-9-7-12(8-10-19)11-20(2)16(21)15-13-5-3-4-6-14(13)17-18-15/h3-6,12H,7-11H2,1-2H3,(H,17,18). The first-order chi connectivity index (χ1) is 10.1. The van der Waals surface area contributed by atoms with Crippen molar-refractivity contribution in [2.45, 2.75) is 12.8 Å². The molecule has 3 rings (SSSR count). The highest BCUT2D eigenvalue weighted by atomic mass is 16.2. The fourth-order valence-electron chi connectivity index (χ4n) is 3.02. The van der Waals surface area contributed by atoms with Gasteiger partial charge in [-0.05, 0) is 45.0 Å². The molecule has 5 heteroatoms. The SMILES string of the molecule is CN1CCC(CN(C)C(=O)c2n[nH]c3ccccc23)CC1. The van der Waals surface area contributed by atoms with Crippen LogP contribution in [0.15, 0.2) is 24.3 Å². The lowest BCUT2D eigenvalue weighted by molar-refractivity contribution is 0.0743. The zero-order valence-electron chi connectivity index (χ0n) is 12.7. The highest BCUT2D eigenvalue weighted by Crippen LogP contribution is 2.20. The molecule has 0 spiro atoms. The van der Waals surface area contributed by atoms with Crippen LogP contribution < -0.4 is 0 Å². The van der Waals surface area contributed by atoms with Gasteiger partial charge in [0.05, 0.1) is 5.52 Å².